The van der Waals surface area contributed by atoms with Crippen LogP contribution in [0.3, 0.4) is 0 Å². The SMILES string of the molecule is COC1CC2(CCN(N)CC2)C1. The van der Waals surface area contributed by atoms with Crippen molar-refractivity contribution in [3.8, 4) is 0 Å². The Labute approximate surface area is 73.8 Å². The molecule has 70 valence electrons. The molecule has 0 bridgehead atoms. The molecule has 1 saturated carbocycles. The van der Waals surface area contributed by atoms with E-state index in [0.717, 1.165) is 13.1 Å². The second-order valence-corrected chi connectivity index (χ2v) is 4.30. The van der Waals surface area contributed by atoms with Gasteiger partial charge in [-0.1, -0.05) is 0 Å². The molecule has 1 aliphatic carbocycles. The standard InChI is InChI=1S/C9H18N2O/c1-12-8-6-9(7-8)2-4-11(10)5-3-9/h8H,2-7,10H2,1H3. The fraction of sp³-hybridized carbons (Fsp3) is 1.00. The lowest BCUT2D eigenvalue weighted by molar-refractivity contribution is -0.0878. The van der Waals surface area contributed by atoms with Crippen LogP contribution in [0.15, 0.2) is 0 Å². The van der Waals surface area contributed by atoms with E-state index in [-0.39, 0.29) is 0 Å². The highest BCUT2D eigenvalue weighted by Crippen LogP contribution is 2.49. The number of nitrogens with zero attached hydrogens (tertiary/aromatic N) is 1. The van der Waals surface area contributed by atoms with Crippen molar-refractivity contribution in [1.29, 1.82) is 0 Å². The predicted octanol–water partition coefficient (Wildman–Crippen LogP) is 0.751. The lowest BCUT2D eigenvalue weighted by Crippen LogP contribution is -2.51. The summed E-state index contributed by atoms with van der Waals surface area (Å²) in [4.78, 5) is 0. The second kappa shape index (κ2) is 2.98. The van der Waals surface area contributed by atoms with Gasteiger partial charge in [-0.25, -0.2) is 5.01 Å². The van der Waals surface area contributed by atoms with Crippen molar-refractivity contribution >= 4 is 0 Å². The van der Waals surface area contributed by atoms with Crippen LogP contribution in [0.25, 0.3) is 0 Å². The molecule has 2 aliphatic rings. The molecule has 2 fully saturated rings. The average Bonchev–Trinajstić information content (AvgIpc) is 2.02. The van der Waals surface area contributed by atoms with Crippen LogP contribution in [0.1, 0.15) is 25.7 Å². The quantitative estimate of drug-likeness (QED) is 0.590. The minimum atomic E-state index is 0.536. The maximum atomic E-state index is 5.70. The zero-order valence-electron chi connectivity index (χ0n) is 7.75. The topological polar surface area (TPSA) is 38.5 Å². The summed E-state index contributed by atoms with van der Waals surface area (Å²) < 4.78 is 5.30. The predicted molar refractivity (Wildman–Crippen MR) is 47.5 cm³/mol. The summed E-state index contributed by atoms with van der Waals surface area (Å²) in [6, 6.07) is 0. The van der Waals surface area contributed by atoms with E-state index < -0.39 is 0 Å². The van der Waals surface area contributed by atoms with Crippen molar-refractivity contribution in [1.82, 2.24) is 5.01 Å². The Morgan fingerprint density at radius 3 is 2.42 bits per heavy atom. The van der Waals surface area contributed by atoms with Crippen molar-refractivity contribution in [3.05, 3.63) is 0 Å². The Morgan fingerprint density at radius 1 is 1.33 bits per heavy atom. The first-order chi connectivity index (χ1) is 5.74. The molecule has 1 aliphatic heterocycles. The highest BCUT2D eigenvalue weighted by Gasteiger charge is 2.45. The van der Waals surface area contributed by atoms with Crippen LogP contribution in [-0.2, 0) is 4.74 Å². The van der Waals surface area contributed by atoms with Gasteiger partial charge < -0.3 is 4.74 Å². The van der Waals surface area contributed by atoms with Crippen LogP contribution in [0.2, 0.25) is 0 Å². The molecule has 1 heterocycles. The van der Waals surface area contributed by atoms with Gasteiger partial charge in [0, 0.05) is 20.2 Å². The monoisotopic (exact) mass is 170 g/mol. The largest absolute Gasteiger partial charge is 0.381 e. The first kappa shape index (κ1) is 8.48. The van der Waals surface area contributed by atoms with E-state index in [1.807, 2.05) is 12.1 Å². The van der Waals surface area contributed by atoms with Crippen LogP contribution in [0, 0.1) is 5.41 Å². The molecule has 2 N–H and O–H groups in total. The lowest BCUT2D eigenvalue weighted by Gasteiger charge is -2.50. The molecule has 0 radical (unpaired) electrons. The first-order valence-electron chi connectivity index (χ1n) is 4.77. The van der Waals surface area contributed by atoms with Crippen molar-refractivity contribution in [2.45, 2.75) is 31.8 Å². The Hall–Kier alpha value is -0.120. The fourth-order valence-electron chi connectivity index (χ4n) is 2.48. The van der Waals surface area contributed by atoms with Gasteiger partial charge in [-0.2, -0.15) is 0 Å². The summed E-state index contributed by atoms with van der Waals surface area (Å²) in [6.45, 7) is 2.13. The van der Waals surface area contributed by atoms with Crippen LogP contribution in [0.5, 0.6) is 0 Å². The van der Waals surface area contributed by atoms with E-state index in [0.29, 0.717) is 11.5 Å². The van der Waals surface area contributed by atoms with Gasteiger partial charge in [0.15, 0.2) is 0 Å². The molecule has 1 spiro atoms. The molecule has 0 amide bonds. The summed E-state index contributed by atoms with van der Waals surface area (Å²) in [5.74, 6) is 5.70. The third-order valence-electron chi connectivity index (χ3n) is 3.51. The number of hydrogen-bond donors (Lipinski definition) is 1. The highest BCUT2D eigenvalue weighted by molar-refractivity contribution is 4.97. The minimum Gasteiger partial charge on any atom is -0.381 e. The van der Waals surface area contributed by atoms with Gasteiger partial charge in [-0.3, -0.25) is 5.84 Å². The number of hydrazine groups is 1. The molecule has 0 aromatic rings. The molecular formula is C9H18N2O. The molecule has 2 rings (SSSR count). The Bertz CT molecular complexity index is 148. The van der Waals surface area contributed by atoms with E-state index >= 15 is 0 Å². The van der Waals surface area contributed by atoms with Gasteiger partial charge in [0.25, 0.3) is 0 Å². The number of ether oxygens (including phenoxy) is 1. The fourth-order valence-corrected chi connectivity index (χ4v) is 2.48. The van der Waals surface area contributed by atoms with Gasteiger partial charge in [0.2, 0.25) is 0 Å². The number of nitrogens with two attached hydrogens (primary N) is 1. The molecule has 1 saturated heterocycles. The molecule has 3 nitrogen and oxygen atoms in total. The van der Waals surface area contributed by atoms with E-state index in [9.17, 15) is 0 Å². The van der Waals surface area contributed by atoms with E-state index in [1.54, 1.807) is 0 Å². The van der Waals surface area contributed by atoms with Crippen LogP contribution in [0.4, 0.5) is 0 Å². The second-order valence-electron chi connectivity index (χ2n) is 4.30. The lowest BCUT2D eigenvalue weighted by atomic mass is 9.61. The van der Waals surface area contributed by atoms with Gasteiger partial charge >= 0.3 is 0 Å². The normalized spacial score (nSPS) is 30.5. The molecular weight excluding hydrogens is 152 g/mol. The first-order valence-corrected chi connectivity index (χ1v) is 4.77. The van der Waals surface area contributed by atoms with Gasteiger partial charge in [-0.05, 0) is 31.1 Å². The number of rotatable bonds is 1. The third kappa shape index (κ3) is 1.37. The number of piperidine rings is 1. The summed E-state index contributed by atoms with van der Waals surface area (Å²) in [7, 11) is 1.82. The van der Waals surface area contributed by atoms with Crippen molar-refractivity contribution in [3.63, 3.8) is 0 Å². The van der Waals surface area contributed by atoms with Crippen LogP contribution >= 0.6 is 0 Å². The molecule has 0 aromatic carbocycles. The van der Waals surface area contributed by atoms with E-state index in [1.165, 1.54) is 25.7 Å². The average molecular weight is 170 g/mol. The maximum absolute atomic E-state index is 5.70. The summed E-state index contributed by atoms with van der Waals surface area (Å²) in [6.07, 6.45) is 5.59. The van der Waals surface area contributed by atoms with Crippen LogP contribution in [-0.4, -0.2) is 31.3 Å². The molecule has 0 atom stereocenters. The maximum Gasteiger partial charge on any atom is 0.0582 e. The van der Waals surface area contributed by atoms with Crippen molar-refractivity contribution in [2.75, 3.05) is 20.2 Å². The zero-order valence-corrected chi connectivity index (χ0v) is 7.75. The summed E-state index contributed by atoms with van der Waals surface area (Å²) >= 11 is 0. The Morgan fingerprint density at radius 2 is 1.92 bits per heavy atom. The minimum absolute atomic E-state index is 0.536. The highest BCUT2D eigenvalue weighted by atomic mass is 16.5. The van der Waals surface area contributed by atoms with Crippen molar-refractivity contribution < 1.29 is 4.74 Å². The summed E-state index contributed by atoms with van der Waals surface area (Å²) in [5.41, 5.74) is 0.608. The number of hydrogen-bond acceptors (Lipinski definition) is 3. The molecule has 0 unspecified atom stereocenters. The van der Waals surface area contributed by atoms with Gasteiger partial charge in [0.05, 0.1) is 6.10 Å². The molecule has 0 aromatic heterocycles. The molecule has 3 heteroatoms. The van der Waals surface area contributed by atoms with E-state index in [4.69, 9.17) is 10.6 Å². The van der Waals surface area contributed by atoms with Crippen LogP contribution < -0.4 is 5.84 Å². The Balaban J connectivity index is 1.83. The zero-order chi connectivity index (χ0) is 8.60. The smallest absolute Gasteiger partial charge is 0.0582 e. The van der Waals surface area contributed by atoms with Gasteiger partial charge in [-0.15, -0.1) is 0 Å². The van der Waals surface area contributed by atoms with Gasteiger partial charge in [0.1, 0.15) is 0 Å². The van der Waals surface area contributed by atoms with Crippen molar-refractivity contribution in [2.24, 2.45) is 11.3 Å². The Kier molecular flexibility index (Phi) is 2.10. The molecule has 12 heavy (non-hydrogen) atoms. The third-order valence-corrected chi connectivity index (χ3v) is 3.51. The summed E-state index contributed by atoms with van der Waals surface area (Å²) in [5, 5.41) is 1.94. The number of methoxy groups -OCH3 is 1. The van der Waals surface area contributed by atoms with E-state index in [2.05, 4.69) is 0 Å².